The number of hydrogen-bond acceptors (Lipinski definition) is 3. The largest absolute Gasteiger partial charge is 0.396 e. The number of carbonyl (C=O) groups is 1. The maximum Gasteiger partial charge on any atom is 0.253 e. The van der Waals surface area contributed by atoms with Gasteiger partial charge in [-0.25, -0.2) is 0 Å². The van der Waals surface area contributed by atoms with Crippen LogP contribution < -0.4 is 0 Å². The van der Waals surface area contributed by atoms with Crippen molar-refractivity contribution in [2.24, 2.45) is 11.3 Å². The number of amides is 1. The van der Waals surface area contributed by atoms with Gasteiger partial charge in [0.1, 0.15) is 0 Å². The highest BCUT2D eigenvalue weighted by Gasteiger charge is 2.49. The van der Waals surface area contributed by atoms with Gasteiger partial charge in [0.05, 0.1) is 6.61 Å². The lowest BCUT2D eigenvalue weighted by atomic mass is 9.73. The number of benzene rings is 2. The third kappa shape index (κ3) is 3.64. The standard InChI is InChI=1S/C23H28N2O2/c1-18-6-5-9-20(12-18)22(27)25-11-10-23(17-26)16-24(14-21(23)15-25)13-19-7-3-2-4-8-19/h2-9,12,21,26H,10-11,13-17H2,1H3/t21-,23-/m0/s1. The number of aryl methyl sites for hydroxylation is 1. The lowest BCUT2D eigenvalue weighted by molar-refractivity contribution is 0.0178. The summed E-state index contributed by atoms with van der Waals surface area (Å²) in [7, 11) is 0. The Kier molecular flexibility index (Phi) is 5.02. The lowest BCUT2D eigenvalue weighted by Gasteiger charge is -2.42. The molecule has 0 bridgehead atoms. The molecule has 0 aliphatic carbocycles. The second kappa shape index (κ2) is 7.45. The van der Waals surface area contributed by atoms with Gasteiger partial charge in [0.2, 0.25) is 0 Å². The molecule has 0 aromatic heterocycles. The number of likely N-dealkylation sites (tertiary alicyclic amines) is 2. The first-order chi connectivity index (χ1) is 13.1. The van der Waals surface area contributed by atoms with Crippen molar-refractivity contribution < 1.29 is 9.90 Å². The maximum atomic E-state index is 13.0. The van der Waals surface area contributed by atoms with E-state index in [1.54, 1.807) is 0 Å². The van der Waals surface area contributed by atoms with E-state index < -0.39 is 0 Å². The van der Waals surface area contributed by atoms with E-state index in [9.17, 15) is 9.90 Å². The Morgan fingerprint density at radius 2 is 1.96 bits per heavy atom. The van der Waals surface area contributed by atoms with Crippen molar-refractivity contribution in [3.63, 3.8) is 0 Å². The molecule has 1 N–H and O–H groups in total. The van der Waals surface area contributed by atoms with Gasteiger partial charge in [-0.1, -0.05) is 48.0 Å². The fraction of sp³-hybridized carbons (Fsp3) is 0.435. The van der Waals surface area contributed by atoms with E-state index >= 15 is 0 Å². The third-order valence-corrected chi connectivity index (χ3v) is 6.32. The third-order valence-electron chi connectivity index (χ3n) is 6.32. The predicted octanol–water partition coefficient (Wildman–Crippen LogP) is 2.95. The van der Waals surface area contributed by atoms with E-state index in [0.717, 1.165) is 50.3 Å². The zero-order valence-corrected chi connectivity index (χ0v) is 16.0. The Labute approximate surface area is 161 Å². The number of rotatable bonds is 4. The summed E-state index contributed by atoms with van der Waals surface area (Å²) in [4.78, 5) is 17.4. The van der Waals surface area contributed by atoms with Crippen LogP contribution in [0.1, 0.15) is 27.9 Å². The summed E-state index contributed by atoms with van der Waals surface area (Å²) in [6.45, 7) is 6.44. The molecule has 27 heavy (non-hydrogen) atoms. The molecule has 0 spiro atoms. The van der Waals surface area contributed by atoms with Gasteiger partial charge in [0.15, 0.2) is 0 Å². The molecule has 2 heterocycles. The number of piperidine rings is 1. The van der Waals surface area contributed by atoms with Gasteiger partial charge in [0.25, 0.3) is 5.91 Å². The van der Waals surface area contributed by atoms with E-state index in [2.05, 4.69) is 29.2 Å². The van der Waals surface area contributed by atoms with Gasteiger partial charge < -0.3 is 10.0 Å². The normalized spacial score (nSPS) is 25.4. The monoisotopic (exact) mass is 364 g/mol. The predicted molar refractivity (Wildman–Crippen MR) is 106 cm³/mol. The van der Waals surface area contributed by atoms with Crippen LogP contribution in [0.2, 0.25) is 0 Å². The molecule has 2 saturated heterocycles. The van der Waals surface area contributed by atoms with Crippen molar-refractivity contribution in [3.05, 3.63) is 71.3 Å². The Morgan fingerprint density at radius 1 is 1.15 bits per heavy atom. The first kappa shape index (κ1) is 18.2. The molecule has 2 fully saturated rings. The average Bonchev–Trinajstić information content (AvgIpc) is 3.05. The molecule has 1 amide bonds. The Morgan fingerprint density at radius 3 is 2.70 bits per heavy atom. The van der Waals surface area contributed by atoms with Crippen LogP contribution in [-0.4, -0.2) is 53.6 Å². The van der Waals surface area contributed by atoms with Crippen LogP contribution in [0, 0.1) is 18.3 Å². The number of nitrogens with zero attached hydrogens (tertiary/aromatic N) is 2. The Balaban J connectivity index is 1.47. The number of aliphatic hydroxyl groups excluding tert-OH is 1. The zero-order valence-electron chi connectivity index (χ0n) is 16.0. The van der Waals surface area contributed by atoms with Crippen molar-refractivity contribution >= 4 is 5.91 Å². The van der Waals surface area contributed by atoms with Crippen LogP contribution >= 0.6 is 0 Å². The first-order valence-electron chi connectivity index (χ1n) is 9.83. The van der Waals surface area contributed by atoms with E-state index in [-0.39, 0.29) is 17.9 Å². The molecule has 142 valence electrons. The fourth-order valence-corrected chi connectivity index (χ4v) is 4.76. The maximum absolute atomic E-state index is 13.0. The molecular formula is C23H28N2O2. The van der Waals surface area contributed by atoms with E-state index in [4.69, 9.17) is 0 Å². The molecule has 0 unspecified atom stereocenters. The minimum Gasteiger partial charge on any atom is -0.396 e. The Hall–Kier alpha value is -2.17. The number of fused-ring (bicyclic) bond motifs is 1. The molecular weight excluding hydrogens is 336 g/mol. The minimum atomic E-state index is -0.0713. The summed E-state index contributed by atoms with van der Waals surface area (Å²) >= 11 is 0. The summed E-state index contributed by atoms with van der Waals surface area (Å²) in [6, 6.07) is 18.3. The molecule has 4 heteroatoms. The van der Waals surface area contributed by atoms with Crippen molar-refractivity contribution in [1.29, 1.82) is 0 Å². The summed E-state index contributed by atoms with van der Waals surface area (Å²) in [5.41, 5.74) is 3.11. The van der Waals surface area contributed by atoms with Crippen LogP contribution in [0.3, 0.4) is 0 Å². The molecule has 4 rings (SSSR count). The lowest BCUT2D eigenvalue weighted by Crippen LogP contribution is -2.50. The van der Waals surface area contributed by atoms with Crippen LogP contribution in [-0.2, 0) is 6.54 Å². The second-order valence-corrected chi connectivity index (χ2v) is 8.24. The SMILES string of the molecule is Cc1cccc(C(=O)N2CC[C@@]3(CO)CN(Cc4ccccc4)C[C@H]3C2)c1. The number of carbonyl (C=O) groups excluding carboxylic acids is 1. The molecule has 4 nitrogen and oxygen atoms in total. The highest BCUT2D eigenvalue weighted by atomic mass is 16.3. The average molecular weight is 364 g/mol. The van der Waals surface area contributed by atoms with Crippen molar-refractivity contribution in [3.8, 4) is 0 Å². The quantitative estimate of drug-likeness (QED) is 0.907. The topological polar surface area (TPSA) is 43.8 Å². The van der Waals surface area contributed by atoms with Gasteiger partial charge in [-0.3, -0.25) is 9.69 Å². The fourth-order valence-electron chi connectivity index (χ4n) is 4.76. The van der Waals surface area contributed by atoms with E-state index in [0.29, 0.717) is 5.92 Å². The van der Waals surface area contributed by atoms with Gasteiger partial charge in [-0.2, -0.15) is 0 Å². The van der Waals surface area contributed by atoms with Crippen LogP contribution in [0.4, 0.5) is 0 Å². The molecule has 2 aromatic carbocycles. The molecule has 2 aromatic rings. The highest BCUT2D eigenvalue weighted by molar-refractivity contribution is 5.94. The molecule has 2 aliphatic rings. The summed E-state index contributed by atoms with van der Waals surface area (Å²) in [6.07, 6.45) is 0.872. The first-order valence-corrected chi connectivity index (χ1v) is 9.83. The summed E-state index contributed by atoms with van der Waals surface area (Å²) in [5.74, 6) is 0.445. The molecule has 2 atom stereocenters. The number of aliphatic hydroxyl groups is 1. The molecule has 2 aliphatic heterocycles. The smallest absolute Gasteiger partial charge is 0.253 e. The van der Waals surface area contributed by atoms with Gasteiger partial charge in [-0.15, -0.1) is 0 Å². The summed E-state index contributed by atoms with van der Waals surface area (Å²) < 4.78 is 0. The van der Waals surface area contributed by atoms with Crippen LogP contribution in [0.5, 0.6) is 0 Å². The zero-order chi connectivity index (χ0) is 18.9. The van der Waals surface area contributed by atoms with Crippen molar-refractivity contribution in [2.75, 3.05) is 32.8 Å². The summed E-state index contributed by atoms with van der Waals surface area (Å²) in [5, 5.41) is 10.2. The minimum absolute atomic E-state index is 0.0713. The van der Waals surface area contributed by atoms with E-state index in [1.165, 1.54) is 5.56 Å². The van der Waals surface area contributed by atoms with Crippen molar-refractivity contribution in [2.45, 2.75) is 19.9 Å². The van der Waals surface area contributed by atoms with Gasteiger partial charge in [0, 0.05) is 43.7 Å². The molecule has 0 saturated carbocycles. The van der Waals surface area contributed by atoms with Crippen LogP contribution in [0.15, 0.2) is 54.6 Å². The van der Waals surface area contributed by atoms with Crippen LogP contribution in [0.25, 0.3) is 0 Å². The highest BCUT2D eigenvalue weighted by Crippen LogP contribution is 2.43. The number of hydrogen-bond donors (Lipinski definition) is 1. The van der Waals surface area contributed by atoms with E-state index in [1.807, 2.05) is 42.2 Å². The molecule has 0 radical (unpaired) electrons. The van der Waals surface area contributed by atoms with Gasteiger partial charge in [-0.05, 0) is 37.0 Å². The second-order valence-electron chi connectivity index (χ2n) is 8.24. The van der Waals surface area contributed by atoms with Crippen molar-refractivity contribution in [1.82, 2.24) is 9.80 Å². The van der Waals surface area contributed by atoms with Gasteiger partial charge >= 0.3 is 0 Å². The Bertz CT molecular complexity index is 807.